The summed E-state index contributed by atoms with van der Waals surface area (Å²) in [5, 5.41) is 0.386. The van der Waals surface area contributed by atoms with Crippen molar-refractivity contribution in [2.75, 3.05) is 0 Å². The van der Waals surface area contributed by atoms with Crippen LogP contribution >= 0.6 is 11.6 Å². The molecule has 1 aliphatic carbocycles. The maximum Gasteiger partial charge on any atom is 0.0367 e. The van der Waals surface area contributed by atoms with Crippen LogP contribution in [0, 0.1) is 19.8 Å². The van der Waals surface area contributed by atoms with Crippen LogP contribution in [0.2, 0.25) is 0 Å². The van der Waals surface area contributed by atoms with Gasteiger partial charge in [0.25, 0.3) is 0 Å². The zero-order valence-corrected chi connectivity index (χ0v) is 11.8. The second-order valence-corrected chi connectivity index (χ2v) is 6.11. The van der Waals surface area contributed by atoms with Crippen molar-refractivity contribution in [3.8, 4) is 0 Å². The lowest BCUT2D eigenvalue weighted by Crippen LogP contribution is -2.16. The van der Waals surface area contributed by atoms with Crippen LogP contribution in [0.25, 0.3) is 0 Å². The van der Waals surface area contributed by atoms with E-state index >= 15 is 0 Å². The third-order valence-corrected chi connectivity index (χ3v) is 4.63. The Morgan fingerprint density at radius 3 is 2.71 bits per heavy atom. The summed E-state index contributed by atoms with van der Waals surface area (Å²) in [4.78, 5) is 0. The minimum absolute atomic E-state index is 0.386. The Labute approximate surface area is 110 Å². The molecule has 1 aromatic carbocycles. The smallest absolute Gasteiger partial charge is 0.0367 e. The van der Waals surface area contributed by atoms with E-state index in [0.29, 0.717) is 11.3 Å². The molecule has 0 radical (unpaired) electrons. The van der Waals surface area contributed by atoms with E-state index in [4.69, 9.17) is 11.6 Å². The lowest BCUT2D eigenvalue weighted by atomic mass is 9.89. The van der Waals surface area contributed by atoms with Crippen molar-refractivity contribution in [2.45, 2.75) is 57.7 Å². The van der Waals surface area contributed by atoms with E-state index in [1.54, 1.807) is 0 Å². The molecule has 1 heteroatoms. The molecule has 1 aliphatic rings. The van der Waals surface area contributed by atoms with Crippen LogP contribution in [0.15, 0.2) is 18.2 Å². The van der Waals surface area contributed by atoms with Crippen LogP contribution in [0.4, 0.5) is 0 Å². The number of benzene rings is 1. The summed E-state index contributed by atoms with van der Waals surface area (Å²) in [5.74, 6) is 0.680. The molecular formula is C16H23Cl. The molecule has 0 bridgehead atoms. The monoisotopic (exact) mass is 250 g/mol. The Kier molecular flexibility index (Phi) is 4.50. The first-order chi connectivity index (χ1) is 8.16. The largest absolute Gasteiger partial charge is 0.123 e. The number of rotatable bonds is 2. The summed E-state index contributed by atoms with van der Waals surface area (Å²) < 4.78 is 0. The molecule has 0 amide bonds. The summed E-state index contributed by atoms with van der Waals surface area (Å²) in [5.41, 5.74) is 4.29. The molecule has 0 N–H and O–H groups in total. The highest BCUT2D eigenvalue weighted by Crippen LogP contribution is 2.31. The highest BCUT2D eigenvalue weighted by molar-refractivity contribution is 6.20. The minimum atomic E-state index is 0.386. The summed E-state index contributed by atoms with van der Waals surface area (Å²) in [6.07, 6.45) is 7.73. The Morgan fingerprint density at radius 2 is 1.88 bits per heavy atom. The first-order valence-electron chi connectivity index (χ1n) is 6.87. The minimum Gasteiger partial charge on any atom is -0.123 e. The van der Waals surface area contributed by atoms with E-state index in [1.165, 1.54) is 55.2 Å². The molecule has 0 nitrogen and oxygen atoms in total. The van der Waals surface area contributed by atoms with Gasteiger partial charge in [0.05, 0.1) is 0 Å². The van der Waals surface area contributed by atoms with Gasteiger partial charge in [0.2, 0.25) is 0 Å². The van der Waals surface area contributed by atoms with Crippen molar-refractivity contribution in [3.63, 3.8) is 0 Å². The lowest BCUT2D eigenvalue weighted by molar-refractivity contribution is 0.464. The molecule has 1 aromatic rings. The first-order valence-corrected chi connectivity index (χ1v) is 7.30. The molecule has 0 heterocycles. The van der Waals surface area contributed by atoms with Crippen LogP contribution in [0.3, 0.4) is 0 Å². The highest BCUT2D eigenvalue weighted by Gasteiger charge is 2.22. The predicted octanol–water partition coefficient (Wildman–Crippen LogP) is 5.03. The van der Waals surface area contributed by atoms with Gasteiger partial charge in [-0.15, -0.1) is 11.6 Å². The predicted molar refractivity (Wildman–Crippen MR) is 75.8 cm³/mol. The fourth-order valence-corrected chi connectivity index (χ4v) is 3.24. The van der Waals surface area contributed by atoms with Crippen LogP contribution in [-0.2, 0) is 6.42 Å². The molecule has 0 aromatic heterocycles. The standard InChI is InChI=1S/C16H23Cl/c1-12-8-9-13(2)15(10-12)11-14-6-4-3-5-7-16(14)17/h8-10,14,16H,3-7,11H2,1-2H3. The zero-order valence-electron chi connectivity index (χ0n) is 11.0. The van der Waals surface area contributed by atoms with E-state index in [2.05, 4.69) is 32.0 Å². The molecule has 0 aliphatic heterocycles. The summed E-state index contributed by atoms with van der Waals surface area (Å²) in [6.45, 7) is 4.39. The lowest BCUT2D eigenvalue weighted by Gasteiger charge is -2.20. The average molecular weight is 251 g/mol. The van der Waals surface area contributed by atoms with Crippen LogP contribution in [0.1, 0.15) is 48.8 Å². The van der Waals surface area contributed by atoms with Gasteiger partial charge in [0.1, 0.15) is 0 Å². The number of hydrogen-bond donors (Lipinski definition) is 0. The fraction of sp³-hybridized carbons (Fsp3) is 0.625. The van der Waals surface area contributed by atoms with Gasteiger partial charge in [-0.2, -0.15) is 0 Å². The Balaban J connectivity index is 2.10. The van der Waals surface area contributed by atoms with Gasteiger partial charge in [0.15, 0.2) is 0 Å². The van der Waals surface area contributed by atoms with E-state index in [1.807, 2.05) is 0 Å². The molecule has 0 saturated heterocycles. The van der Waals surface area contributed by atoms with Gasteiger partial charge in [-0.1, -0.05) is 43.0 Å². The second-order valence-electron chi connectivity index (χ2n) is 5.55. The normalized spacial score (nSPS) is 25.6. The molecule has 0 spiro atoms. The van der Waals surface area contributed by atoms with Gasteiger partial charge in [-0.05, 0) is 50.2 Å². The Bertz CT molecular complexity index is 370. The Hall–Kier alpha value is -0.490. The summed E-state index contributed by atoms with van der Waals surface area (Å²) in [6, 6.07) is 6.78. The molecule has 17 heavy (non-hydrogen) atoms. The molecular weight excluding hydrogens is 228 g/mol. The third-order valence-electron chi connectivity index (χ3n) is 4.05. The highest BCUT2D eigenvalue weighted by atomic mass is 35.5. The van der Waals surface area contributed by atoms with Crippen LogP contribution in [0.5, 0.6) is 0 Å². The zero-order chi connectivity index (χ0) is 12.3. The molecule has 2 rings (SSSR count). The maximum atomic E-state index is 6.53. The van der Waals surface area contributed by atoms with Crippen molar-refractivity contribution in [3.05, 3.63) is 34.9 Å². The van der Waals surface area contributed by atoms with Gasteiger partial charge in [0, 0.05) is 5.38 Å². The van der Waals surface area contributed by atoms with Gasteiger partial charge in [-0.3, -0.25) is 0 Å². The third kappa shape index (κ3) is 3.48. The van der Waals surface area contributed by atoms with E-state index in [9.17, 15) is 0 Å². The number of halogens is 1. The molecule has 1 saturated carbocycles. The summed E-state index contributed by atoms with van der Waals surface area (Å²) in [7, 11) is 0. The van der Waals surface area contributed by atoms with Gasteiger partial charge in [-0.25, -0.2) is 0 Å². The molecule has 2 unspecified atom stereocenters. The van der Waals surface area contributed by atoms with Crippen LogP contribution in [-0.4, -0.2) is 5.38 Å². The molecule has 2 atom stereocenters. The van der Waals surface area contributed by atoms with E-state index in [-0.39, 0.29) is 0 Å². The first kappa shape index (κ1) is 13.0. The Morgan fingerprint density at radius 1 is 1.12 bits per heavy atom. The number of alkyl halides is 1. The summed E-state index contributed by atoms with van der Waals surface area (Å²) >= 11 is 6.53. The SMILES string of the molecule is Cc1ccc(C)c(CC2CCCCCC2Cl)c1. The number of aryl methyl sites for hydroxylation is 2. The quantitative estimate of drug-likeness (QED) is 0.510. The average Bonchev–Trinajstić information content (AvgIpc) is 2.50. The van der Waals surface area contributed by atoms with Crippen molar-refractivity contribution in [2.24, 2.45) is 5.92 Å². The second kappa shape index (κ2) is 5.91. The topological polar surface area (TPSA) is 0 Å². The molecule has 1 fully saturated rings. The van der Waals surface area contributed by atoms with Gasteiger partial charge >= 0.3 is 0 Å². The fourth-order valence-electron chi connectivity index (χ4n) is 2.87. The van der Waals surface area contributed by atoms with Crippen molar-refractivity contribution < 1.29 is 0 Å². The van der Waals surface area contributed by atoms with E-state index in [0.717, 1.165) is 0 Å². The molecule has 94 valence electrons. The van der Waals surface area contributed by atoms with Crippen molar-refractivity contribution in [1.29, 1.82) is 0 Å². The number of hydrogen-bond acceptors (Lipinski definition) is 0. The van der Waals surface area contributed by atoms with Crippen molar-refractivity contribution >= 4 is 11.6 Å². The van der Waals surface area contributed by atoms with Crippen LogP contribution < -0.4 is 0 Å². The van der Waals surface area contributed by atoms with E-state index < -0.39 is 0 Å². The van der Waals surface area contributed by atoms with Gasteiger partial charge < -0.3 is 0 Å². The van der Waals surface area contributed by atoms with Crippen molar-refractivity contribution in [1.82, 2.24) is 0 Å². The maximum absolute atomic E-state index is 6.53.